The van der Waals surface area contributed by atoms with Crippen molar-refractivity contribution in [3.05, 3.63) is 30.1 Å². The Labute approximate surface area is 119 Å². The number of nitrogens with one attached hydrogen (secondary N) is 1. The zero-order valence-electron chi connectivity index (χ0n) is 11.9. The second kappa shape index (κ2) is 7.24. The highest BCUT2D eigenvalue weighted by Crippen LogP contribution is 2.19. The molecule has 1 saturated heterocycles. The molecule has 0 radical (unpaired) electrons. The lowest BCUT2D eigenvalue weighted by Gasteiger charge is -2.36. The smallest absolute Gasteiger partial charge is 0.219 e. The predicted octanol–water partition coefficient (Wildman–Crippen LogP) is 1.47. The first-order chi connectivity index (χ1) is 9.70. The van der Waals surface area contributed by atoms with E-state index < -0.39 is 0 Å². The molecular weight excluding hydrogens is 257 g/mol. The van der Waals surface area contributed by atoms with Gasteiger partial charge in [-0.05, 0) is 12.1 Å². The highest BCUT2D eigenvalue weighted by atomic mass is 19.1. The Bertz CT molecular complexity index is 444. The minimum absolute atomic E-state index is 0.0926. The second-order valence-electron chi connectivity index (χ2n) is 4.98. The summed E-state index contributed by atoms with van der Waals surface area (Å²) in [7, 11) is 0. The number of nitrogens with zero attached hydrogens (tertiary/aromatic N) is 2. The first kappa shape index (κ1) is 14.8. The van der Waals surface area contributed by atoms with E-state index in [0.717, 1.165) is 32.7 Å². The zero-order chi connectivity index (χ0) is 14.4. The van der Waals surface area contributed by atoms with Crippen LogP contribution in [-0.2, 0) is 4.79 Å². The van der Waals surface area contributed by atoms with Gasteiger partial charge >= 0.3 is 0 Å². The fourth-order valence-corrected chi connectivity index (χ4v) is 2.40. The summed E-state index contributed by atoms with van der Waals surface area (Å²) in [4.78, 5) is 15.5. The van der Waals surface area contributed by atoms with Crippen molar-refractivity contribution in [3.63, 3.8) is 0 Å². The van der Waals surface area contributed by atoms with Crippen molar-refractivity contribution in [1.29, 1.82) is 0 Å². The van der Waals surface area contributed by atoms with Crippen molar-refractivity contribution < 1.29 is 9.18 Å². The van der Waals surface area contributed by atoms with E-state index in [1.54, 1.807) is 6.07 Å². The highest BCUT2D eigenvalue weighted by Gasteiger charge is 2.18. The molecule has 1 aliphatic rings. The molecule has 1 heterocycles. The molecule has 1 aliphatic heterocycles. The van der Waals surface area contributed by atoms with Gasteiger partial charge in [0.15, 0.2) is 0 Å². The van der Waals surface area contributed by atoms with Crippen LogP contribution in [0.15, 0.2) is 24.3 Å². The van der Waals surface area contributed by atoms with Crippen LogP contribution in [0.5, 0.6) is 0 Å². The third kappa shape index (κ3) is 3.93. The van der Waals surface area contributed by atoms with Gasteiger partial charge in [-0.25, -0.2) is 4.39 Å². The molecule has 1 fully saturated rings. The number of halogens is 1. The molecule has 1 aromatic rings. The van der Waals surface area contributed by atoms with Crippen LogP contribution in [0, 0.1) is 5.82 Å². The Morgan fingerprint density at radius 2 is 1.95 bits per heavy atom. The summed E-state index contributed by atoms with van der Waals surface area (Å²) in [5, 5.41) is 2.88. The molecule has 110 valence electrons. The van der Waals surface area contributed by atoms with Gasteiger partial charge in [-0.2, -0.15) is 0 Å². The van der Waals surface area contributed by atoms with E-state index in [2.05, 4.69) is 15.1 Å². The van der Waals surface area contributed by atoms with Crippen LogP contribution in [0.3, 0.4) is 0 Å². The first-order valence-electron chi connectivity index (χ1n) is 7.19. The molecule has 0 spiro atoms. The van der Waals surface area contributed by atoms with E-state index in [4.69, 9.17) is 0 Å². The summed E-state index contributed by atoms with van der Waals surface area (Å²) in [6.07, 6.45) is 0.529. The van der Waals surface area contributed by atoms with Crippen LogP contribution in [0.25, 0.3) is 0 Å². The summed E-state index contributed by atoms with van der Waals surface area (Å²) in [5.41, 5.74) is 0.687. The Hall–Kier alpha value is -1.62. The van der Waals surface area contributed by atoms with Crippen molar-refractivity contribution >= 4 is 11.6 Å². The van der Waals surface area contributed by atoms with Gasteiger partial charge < -0.3 is 10.2 Å². The molecule has 1 amide bonds. The molecule has 0 atom stereocenters. The Balaban J connectivity index is 1.75. The quantitative estimate of drug-likeness (QED) is 0.886. The van der Waals surface area contributed by atoms with E-state index in [-0.39, 0.29) is 11.7 Å². The van der Waals surface area contributed by atoms with E-state index in [0.29, 0.717) is 18.7 Å². The minimum Gasteiger partial charge on any atom is -0.367 e. The van der Waals surface area contributed by atoms with Crippen molar-refractivity contribution in [2.24, 2.45) is 0 Å². The van der Waals surface area contributed by atoms with Crippen molar-refractivity contribution in [2.45, 2.75) is 13.3 Å². The van der Waals surface area contributed by atoms with E-state index in [9.17, 15) is 9.18 Å². The molecule has 0 bridgehead atoms. The maximum absolute atomic E-state index is 13.7. The molecule has 1 N–H and O–H groups in total. The third-order valence-corrected chi connectivity index (χ3v) is 3.64. The maximum atomic E-state index is 13.7. The normalized spacial score (nSPS) is 16.2. The van der Waals surface area contributed by atoms with Gasteiger partial charge in [0.1, 0.15) is 5.82 Å². The molecule has 0 unspecified atom stereocenters. The number of carbonyl (C=O) groups is 1. The van der Waals surface area contributed by atoms with Crippen LogP contribution < -0.4 is 10.2 Å². The summed E-state index contributed by atoms with van der Waals surface area (Å²) in [6, 6.07) is 6.91. The van der Waals surface area contributed by atoms with Gasteiger partial charge in [0, 0.05) is 45.7 Å². The standard InChI is InChI=1S/C15H22FN3O/c1-2-15(20)17-7-8-18-9-11-19(12-10-18)14-6-4-3-5-13(14)16/h3-6H,2,7-12H2,1H3,(H,17,20). The van der Waals surface area contributed by atoms with Gasteiger partial charge in [0.05, 0.1) is 5.69 Å². The van der Waals surface area contributed by atoms with Gasteiger partial charge in [-0.1, -0.05) is 19.1 Å². The highest BCUT2D eigenvalue weighted by molar-refractivity contribution is 5.75. The van der Waals surface area contributed by atoms with Crippen molar-refractivity contribution in [2.75, 3.05) is 44.2 Å². The molecular formula is C15H22FN3O. The molecule has 0 saturated carbocycles. The van der Waals surface area contributed by atoms with E-state index in [1.165, 1.54) is 6.07 Å². The number of hydrogen-bond acceptors (Lipinski definition) is 3. The van der Waals surface area contributed by atoms with E-state index >= 15 is 0 Å². The fourth-order valence-electron chi connectivity index (χ4n) is 2.40. The molecule has 0 aromatic heterocycles. The number of para-hydroxylation sites is 1. The number of benzene rings is 1. The number of hydrogen-bond donors (Lipinski definition) is 1. The molecule has 1 aromatic carbocycles. The van der Waals surface area contributed by atoms with Crippen LogP contribution in [0.1, 0.15) is 13.3 Å². The Morgan fingerprint density at radius 1 is 1.25 bits per heavy atom. The van der Waals surface area contributed by atoms with Gasteiger partial charge in [0.2, 0.25) is 5.91 Å². The van der Waals surface area contributed by atoms with Crippen molar-refractivity contribution in [3.8, 4) is 0 Å². The number of rotatable bonds is 5. The van der Waals surface area contributed by atoms with Crippen LogP contribution >= 0.6 is 0 Å². The first-order valence-corrected chi connectivity index (χ1v) is 7.19. The molecule has 0 aliphatic carbocycles. The van der Waals surface area contributed by atoms with Crippen LogP contribution in [0.2, 0.25) is 0 Å². The summed E-state index contributed by atoms with van der Waals surface area (Å²) < 4.78 is 13.7. The monoisotopic (exact) mass is 279 g/mol. The second-order valence-corrected chi connectivity index (χ2v) is 4.98. The van der Waals surface area contributed by atoms with Gasteiger partial charge in [-0.3, -0.25) is 9.69 Å². The molecule has 5 heteroatoms. The molecule has 4 nitrogen and oxygen atoms in total. The maximum Gasteiger partial charge on any atom is 0.219 e. The van der Waals surface area contributed by atoms with Crippen LogP contribution in [-0.4, -0.2) is 50.1 Å². The lowest BCUT2D eigenvalue weighted by molar-refractivity contribution is -0.120. The zero-order valence-corrected chi connectivity index (χ0v) is 11.9. The SMILES string of the molecule is CCC(=O)NCCN1CCN(c2ccccc2F)CC1. The average Bonchev–Trinajstić information content (AvgIpc) is 2.48. The summed E-state index contributed by atoms with van der Waals surface area (Å²) in [6.45, 7) is 6.84. The lowest BCUT2D eigenvalue weighted by atomic mass is 10.2. The van der Waals surface area contributed by atoms with Crippen LogP contribution in [0.4, 0.5) is 10.1 Å². The average molecular weight is 279 g/mol. The van der Waals surface area contributed by atoms with Gasteiger partial charge in [0.25, 0.3) is 0 Å². The summed E-state index contributed by atoms with van der Waals surface area (Å²) >= 11 is 0. The van der Waals surface area contributed by atoms with Gasteiger partial charge in [-0.15, -0.1) is 0 Å². The van der Waals surface area contributed by atoms with Crippen molar-refractivity contribution in [1.82, 2.24) is 10.2 Å². The largest absolute Gasteiger partial charge is 0.367 e. The predicted molar refractivity (Wildman–Crippen MR) is 78.4 cm³/mol. The minimum atomic E-state index is -0.156. The third-order valence-electron chi connectivity index (χ3n) is 3.64. The summed E-state index contributed by atoms with van der Waals surface area (Å²) in [5.74, 6) is -0.0637. The fraction of sp³-hybridized carbons (Fsp3) is 0.533. The number of anilines is 1. The van der Waals surface area contributed by atoms with E-state index in [1.807, 2.05) is 19.1 Å². The number of amides is 1. The Kier molecular flexibility index (Phi) is 5.35. The number of piperazine rings is 1. The topological polar surface area (TPSA) is 35.6 Å². The lowest BCUT2D eigenvalue weighted by Crippen LogP contribution is -2.48. The number of carbonyl (C=O) groups excluding carboxylic acids is 1. The Morgan fingerprint density at radius 3 is 2.60 bits per heavy atom. The molecule has 20 heavy (non-hydrogen) atoms. The molecule has 2 rings (SSSR count).